The second-order valence-electron chi connectivity index (χ2n) is 2.11. The summed E-state index contributed by atoms with van der Waals surface area (Å²) in [5.41, 5.74) is 0. The summed E-state index contributed by atoms with van der Waals surface area (Å²) in [5, 5.41) is 9.33. The van der Waals surface area contributed by atoms with Gasteiger partial charge in [0.2, 0.25) is 0 Å². The topological polar surface area (TPSA) is 51.8 Å². The number of hydrogen-bond acceptors (Lipinski definition) is 4. The Hall–Kier alpha value is -0.840. The highest BCUT2D eigenvalue weighted by Gasteiger charge is 2.43. The summed E-state index contributed by atoms with van der Waals surface area (Å²) in [6, 6.07) is 3.30. The fourth-order valence-corrected chi connectivity index (χ4v) is 0.784. The number of rotatable bonds is 1. The third-order valence-corrected chi connectivity index (χ3v) is 1.36. The maximum Gasteiger partial charge on any atom is 0.284 e. The lowest BCUT2D eigenvalue weighted by Crippen LogP contribution is -2.43. The average Bonchev–Trinajstić information content (AvgIpc) is 2.33. The standard InChI is InChI=1S/C6H6O4/c7-6(4-9-10-6)5-2-1-3-8-5/h1-3,7H,4H2. The lowest BCUT2D eigenvalue weighted by Gasteiger charge is -2.31. The molecule has 1 aromatic heterocycles. The van der Waals surface area contributed by atoms with Crippen molar-refractivity contribution >= 4 is 0 Å². The van der Waals surface area contributed by atoms with Crippen molar-refractivity contribution in [2.45, 2.75) is 5.79 Å². The molecule has 1 atom stereocenters. The van der Waals surface area contributed by atoms with Crippen molar-refractivity contribution < 1.29 is 19.3 Å². The minimum atomic E-state index is -1.34. The minimum Gasteiger partial charge on any atom is -0.463 e. The van der Waals surface area contributed by atoms with Gasteiger partial charge < -0.3 is 9.52 Å². The van der Waals surface area contributed by atoms with E-state index >= 15 is 0 Å². The molecule has 0 aromatic carbocycles. The highest BCUT2D eigenvalue weighted by Crippen LogP contribution is 2.30. The van der Waals surface area contributed by atoms with Crippen molar-refractivity contribution in [3.05, 3.63) is 24.2 Å². The molecule has 4 heteroatoms. The highest BCUT2D eigenvalue weighted by atomic mass is 17.3. The lowest BCUT2D eigenvalue weighted by atomic mass is 10.2. The van der Waals surface area contributed by atoms with Crippen molar-refractivity contribution in [3.8, 4) is 0 Å². The van der Waals surface area contributed by atoms with Crippen LogP contribution in [0.3, 0.4) is 0 Å². The predicted molar refractivity (Wildman–Crippen MR) is 29.6 cm³/mol. The largest absolute Gasteiger partial charge is 0.463 e. The maximum atomic E-state index is 9.33. The number of aliphatic hydroxyl groups is 1. The zero-order valence-electron chi connectivity index (χ0n) is 5.11. The van der Waals surface area contributed by atoms with E-state index in [0.717, 1.165) is 0 Å². The van der Waals surface area contributed by atoms with Gasteiger partial charge in [-0.05, 0) is 12.1 Å². The molecule has 2 rings (SSSR count). The summed E-state index contributed by atoms with van der Waals surface area (Å²) in [6.07, 6.45) is 1.47. The molecule has 1 unspecified atom stereocenters. The van der Waals surface area contributed by atoms with E-state index in [-0.39, 0.29) is 6.61 Å². The molecule has 54 valence electrons. The van der Waals surface area contributed by atoms with Crippen LogP contribution in [0.15, 0.2) is 22.8 Å². The average molecular weight is 142 g/mol. The first-order chi connectivity index (χ1) is 4.81. The normalized spacial score (nSPS) is 31.7. The summed E-state index contributed by atoms with van der Waals surface area (Å²) < 4.78 is 4.89. The molecular weight excluding hydrogens is 136 g/mol. The third kappa shape index (κ3) is 0.668. The number of hydrogen-bond donors (Lipinski definition) is 1. The SMILES string of the molecule is OC1(c2ccco2)COO1. The maximum absolute atomic E-state index is 9.33. The van der Waals surface area contributed by atoms with E-state index in [1.165, 1.54) is 6.26 Å². The predicted octanol–water partition coefficient (Wildman–Crippen LogP) is 0.386. The fourth-order valence-electron chi connectivity index (χ4n) is 0.784. The van der Waals surface area contributed by atoms with Crippen molar-refractivity contribution in [2.75, 3.05) is 6.61 Å². The van der Waals surface area contributed by atoms with Crippen LogP contribution in [-0.2, 0) is 15.6 Å². The Morgan fingerprint density at radius 2 is 2.40 bits per heavy atom. The van der Waals surface area contributed by atoms with Crippen LogP contribution in [0, 0.1) is 0 Å². The smallest absolute Gasteiger partial charge is 0.284 e. The van der Waals surface area contributed by atoms with Crippen LogP contribution in [0.5, 0.6) is 0 Å². The minimum absolute atomic E-state index is 0.126. The monoisotopic (exact) mass is 142 g/mol. The lowest BCUT2D eigenvalue weighted by molar-refractivity contribution is -0.543. The summed E-state index contributed by atoms with van der Waals surface area (Å²) >= 11 is 0. The van der Waals surface area contributed by atoms with Crippen molar-refractivity contribution in [2.24, 2.45) is 0 Å². The molecule has 0 saturated carbocycles. The van der Waals surface area contributed by atoms with Crippen LogP contribution in [0.25, 0.3) is 0 Å². The van der Waals surface area contributed by atoms with Crippen LogP contribution >= 0.6 is 0 Å². The van der Waals surface area contributed by atoms with Crippen LogP contribution in [-0.4, -0.2) is 11.7 Å². The van der Waals surface area contributed by atoms with E-state index in [9.17, 15) is 5.11 Å². The Morgan fingerprint density at radius 1 is 1.60 bits per heavy atom. The molecule has 0 aliphatic carbocycles. The second-order valence-corrected chi connectivity index (χ2v) is 2.11. The van der Waals surface area contributed by atoms with E-state index in [0.29, 0.717) is 5.76 Å². The molecule has 4 nitrogen and oxygen atoms in total. The first-order valence-corrected chi connectivity index (χ1v) is 2.88. The zero-order valence-corrected chi connectivity index (χ0v) is 5.11. The molecular formula is C6H6O4. The van der Waals surface area contributed by atoms with E-state index in [2.05, 4.69) is 9.78 Å². The first-order valence-electron chi connectivity index (χ1n) is 2.88. The van der Waals surface area contributed by atoms with E-state index in [4.69, 9.17) is 4.42 Å². The van der Waals surface area contributed by atoms with Crippen molar-refractivity contribution in [1.82, 2.24) is 0 Å². The van der Waals surface area contributed by atoms with Crippen LogP contribution in [0.2, 0.25) is 0 Å². The summed E-state index contributed by atoms with van der Waals surface area (Å²) in [4.78, 5) is 8.78. The molecule has 0 radical (unpaired) electrons. The fraction of sp³-hybridized carbons (Fsp3) is 0.333. The van der Waals surface area contributed by atoms with Crippen molar-refractivity contribution in [1.29, 1.82) is 0 Å². The molecule has 1 aromatic rings. The Morgan fingerprint density at radius 3 is 2.80 bits per heavy atom. The zero-order chi connectivity index (χ0) is 7.03. The summed E-state index contributed by atoms with van der Waals surface area (Å²) in [7, 11) is 0. The van der Waals surface area contributed by atoms with Gasteiger partial charge in [-0.3, -0.25) is 0 Å². The van der Waals surface area contributed by atoms with Gasteiger partial charge in [-0.25, -0.2) is 4.89 Å². The molecule has 1 fully saturated rings. The molecule has 0 amide bonds. The molecule has 1 saturated heterocycles. The van der Waals surface area contributed by atoms with Gasteiger partial charge in [-0.2, -0.15) is 4.89 Å². The van der Waals surface area contributed by atoms with E-state index in [1.807, 2.05) is 0 Å². The first kappa shape index (κ1) is 5.91. The Labute approximate surface area is 56.9 Å². The van der Waals surface area contributed by atoms with Gasteiger partial charge in [0.25, 0.3) is 5.79 Å². The van der Waals surface area contributed by atoms with E-state index < -0.39 is 5.79 Å². The Balaban J connectivity index is 2.27. The van der Waals surface area contributed by atoms with Crippen molar-refractivity contribution in [3.63, 3.8) is 0 Å². The van der Waals surface area contributed by atoms with Gasteiger partial charge in [0, 0.05) is 0 Å². The second kappa shape index (κ2) is 1.82. The Kier molecular flexibility index (Phi) is 1.08. The molecule has 1 aliphatic heterocycles. The van der Waals surface area contributed by atoms with E-state index in [1.54, 1.807) is 12.1 Å². The van der Waals surface area contributed by atoms with Crippen LogP contribution < -0.4 is 0 Å². The van der Waals surface area contributed by atoms with Crippen LogP contribution in [0.1, 0.15) is 5.76 Å². The molecule has 2 heterocycles. The highest BCUT2D eigenvalue weighted by molar-refractivity contribution is 5.06. The van der Waals surface area contributed by atoms with Gasteiger partial charge >= 0.3 is 0 Å². The molecule has 10 heavy (non-hydrogen) atoms. The number of furan rings is 1. The van der Waals surface area contributed by atoms with Gasteiger partial charge in [0.1, 0.15) is 6.61 Å². The third-order valence-electron chi connectivity index (χ3n) is 1.36. The van der Waals surface area contributed by atoms with Gasteiger partial charge in [0.05, 0.1) is 6.26 Å². The Bertz CT molecular complexity index is 212. The molecule has 1 aliphatic rings. The summed E-state index contributed by atoms with van der Waals surface area (Å²) in [5.74, 6) is -0.970. The molecule has 1 N–H and O–H groups in total. The summed E-state index contributed by atoms with van der Waals surface area (Å²) in [6.45, 7) is 0.126. The molecule has 0 spiro atoms. The van der Waals surface area contributed by atoms with Gasteiger partial charge in [-0.1, -0.05) is 0 Å². The van der Waals surface area contributed by atoms with Crippen LogP contribution in [0.4, 0.5) is 0 Å². The van der Waals surface area contributed by atoms with Gasteiger partial charge in [0.15, 0.2) is 5.76 Å². The van der Waals surface area contributed by atoms with Gasteiger partial charge in [-0.15, -0.1) is 0 Å². The molecule has 0 bridgehead atoms. The quantitative estimate of drug-likeness (QED) is 0.576.